The van der Waals surface area contributed by atoms with Gasteiger partial charge in [-0.1, -0.05) is 17.2 Å². The zero-order chi connectivity index (χ0) is 18.0. The lowest BCUT2D eigenvalue weighted by Gasteiger charge is -2.01. The summed E-state index contributed by atoms with van der Waals surface area (Å²) in [6.07, 6.45) is 0. The van der Waals surface area contributed by atoms with E-state index in [1.165, 1.54) is 24.3 Å². The summed E-state index contributed by atoms with van der Waals surface area (Å²) in [7, 11) is 0. The highest BCUT2D eigenvalue weighted by atomic mass is 16.6. The molecule has 3 aromatic rings. The van der Waals surface area contributed by atoms with Crippen LogP contribution in [-0.2, 0) is 0 Å². The number of non-ortho nitro benzene ring substituents is 1. The first-order valence-corrected chi connectivity index (χ1v) is 7.41. The molecule has 1 N–H and O–H groups in total. The monoisotopic (exact) mass is 338 g/mol. The summed E-state index contributed by atoms with van der Waals surface area (Å²) >= 11 is 0. The molecule has 3 rings (SSSR count). The van der Waals surface area contributed by atoms with Crippen molar-refractivity contribution in [2.24, 2.45) is 0 Å². The number of nitro benzene ring substituents is 1. The highest BCUT2D eigenvalue weighted by Crippen LogP contribution is 2.23. The first-order valence-electron chi connectivity index (χ1n) is 7.41. The quantitative estimate of drug-likeness (QED) is 0.575. The summed E-state index contributed by atoms with van der Waals surface area (Å²) in [6, 6.07) is 11.0. The molecule has 0 saturated heterocycles. The molecule has 0 unspecified atom stereocenters. The molecule has 25 heavy (non-hydrogen) atoms. The van der Waals surface area contributed by atoms with Crippen LogP contribution < -0.4 is 5.32 Å². The Morgan fingerprint density at radius 3 is 2.64 bits per heavy atom. The van der Waals surface area contributed by atoms with Gasteiger partial charge in [-0.3, -0.25) is 20.2 Å². The van der Waals surface area contributed by atoms with Crippen LogP contribution in [0.5, 0.6) is 0 Å². The van der Waals surface area contributed by atoms with Crippen molar-refractivity contribution in [1.29, 1.82) is 0 Å². The molecule has 0 saturated carbocycles. The average Bonchev–Trinajstić information content (AvgIpc) is 3.06. The van der Waals surface area contributed by atoms with Gasteiger partial charge in [0.25, 0.3) is 11.6 Å². The Morgan fingerprint density at radius 2 is 1.92 bits per heavy atom. The fraction of sp³-hybridized carbons (Fsp3) is 0.118. The van der Waals surface area contributed by atoms with E-state index in [0.717, 1.165) is 16.7 Å². The van der Waals surface area contributed by atoms with Gasteiger partial charge in [0.05, 0.1) is 4.92 Å². The molecule has 8 heteroatoms. The van der Waals surface area contributed by atoms with Crippen molar-refractivity contribution in [3.8, 4) is 11.5 Å². The Morgan fingerprint density at radius 1 is 1.12 bits per heavy atom. The number of amides is 1. The molecule has 1 amide bonds. The predicted octanol–water partition coefficient (Wildman–Crippen LogP) is 3.51. The number of aryl methyl sites for hydroxylation is 2. The number of carbonyl (C=O) groups excluding carboxylic acids is 1. The van der Waals surface area contributed by atoms with Crippen LogP contribution in [0, 0.1) is 24.0 Å². The van der Waals surface area contributed by atoms with Gasteiger partial charge in [0, 0.05) is 23.3 Å². The number of benzene rings is 2. The van der Waals surface area contributed by atoms with Gasteiger partial charge < -0.3 is 4.42 Å². The second-order valence-electron chi connectivity index (χ2n) is 5.47. The van der Waals surface area contributed by atoms with Gasteiger partial charge in [0.1, 0.15) is 0 Å². The van der Waals surface area contributed by atoms with E-state index in [1.807, 2.05) is 32.0 Å². The Hall–Kier alpha value is -3.55. The van der Waals surface area contributed by atoms with E-state index in [9.17, 15) is 14.9 Å². The van der Waals surface area contributed by atoms with Crippen LogP contribution in [0.15, 0.2) is 46.9 Å². The number of nitrogens with zero attached hydrogens (tertiary/aromatic N) is 3. The number of aromatic nitrogens is 2. The van der Waals surface area contributed by atoms with Gasteiger partial charge in [-0.15, -0.1) is 5.10 Å². The molecule has 0 aliphatic heterocycles. The number of nitro groups is 1. The minimum absolute atomic E-state index is 0.0789. The third-order valence-corrected chi connectivity index (χ3v) is 3.72. The first kappa shape index (κ1) is 16.3. The largest absolute Gasteiger partial charge is 0.403 e. The molecule has 1 aromatic heterocycles. The van der Waals surface area contributed by atoms with Gasteiger partial charge in [-0.25, -0.2) is 0 Å². The predicted molar refractivity (Wildman–Crippen MR) is 90.3 cm³/mol. The Labute approximate surface area is 142 Å². The molecule has 0 aliphatic rings. The van der Waals surface area contributed by atoms with Gasteiger partial charge >= 0.3 is 6.01 Å². The summed E-state index contributed by atoms with van der Waals surface area (Å²) in [5, 5.41) is 20.9. The molecule has 2 aromatic carbocycles. The maximum atomic E-state index is 12.2. The van der Waals surface area contributed by atoms with E-state index < -0.39 is 10.8 Å². The van der Waals surface area contributed by atoms with E-state index in [2.05, 4.69) is 15.5 Å². The van der Waals surface area contributed by atoms with Crippen molar-refractivity contribution in [1.82, 2.24) is 10.2 Å². The minimum Gasteiger partial charge on any atom is -0.403 e. The summed E-state index contributed by atoms with van der Waals surface area (Å²) in [4.78, 5) is 22.4. The van der Waals surface area contributed by atoms with Crippen LogP contribution in [0.1, 0.15) is 21.5 Å². The molecule has 8 nitrogen and oxygen atoms in total. The summed E-state index contributed by atoms with van der Waals surface area (Å²) in [6.45, 7) is 3.97. The van der Waals surface area contributed by atoms with Crippen molar-refractivity contribution >= 4 is 17.6 Å². The minimum atomic E-state index is -0.570. The summed E-state index contributed by atoms with van der Waals surface area (Å²) < 4.78 is 5.45. The second-order valence-corrected chi connectivity index (χ2v) is 5.47. The van der Waals surface area contributed by atoms with E-state index in [0.29, 0.717) is 0 Å². The maximum absolute atomic E-state index is 12.2. The molecule has 1 heterocycles. The van der Waals surface area contributed by atoms with E-state index >= 15 is 0 Å². The van der Waals surface area contributed by atoms with Crippen molar-refractivity contribution in [3.05, 3.63) is 69.3 Å². The highest BCUT2D eigenvalue weighted by molar-refractivity contribution is 6.03. The molecule has 0 spiro atoms. The smallest absolute Gasteiger partial charge is 0.322 e. The van der Waals surface area contributed by atoms with Crippen molar-refractivity contribution in [2.45, 2.75) is 13.8 Å². The maximum Gasteiger partial charge on any atom is 0.322 e. The Balaban J connectivity index is 1.79. The third kappa shape index (κ3) is 3.52. The number of nitrogens with one attached hydrogen (secondary N) is 1. The van der Waals surface area contributed by atoms with Crippen molar-refractivity contribution in [2.75, 3.05) is 5.32 Å². The molecular formula is C17H14N4O4. The average molecular weight is 338 g/mol. The molecule has 0 bridgehead atoms. The normalized spacial score (nSPS) is 10.5. The van der Waals surface area contributed by atoms with Gasteiger partial charge in [-0.2, -0.15) is 0 Å². The Bertz CT molecular complexity index is 965. The van der Waals surface area contributed by atoms with Crippen LogP contribution in [0.2, 0.25) is 0 Å². The van der Waals surface area contributed by atoms with E-state index in [1.54, 1.807) is 0 Å². The molecule has 0 fully saturated rings. The van der Waals surface area contributed by atoms with Gasteiger partial charge in [-0.05, 0) is 43.2 Å². The van der Waals surface area contributed by atoms with Crippen LogP contribution in [0.3, 0.4) is 0 Å². The summed E-state index contributed by atoms with van der Waals surface area (Å²) in [5.74, 6) is -0.295. The zero-order valence-electron chi connectivity index (χ0n) is 13.5. The first-order chi connectivity index (χ1) is 11.9. The SMILES string of the molecule is Cc1ccc(-c2nnc(NC(=O)c3cccc([N+](=O)[O-])c3)o2)cc1C. The van der Waals surface area contributed by atoms with Crippen molar-refractivity contribution < 1.29 is 14.1 Å². The number of hydrogen-bond donors (Lipinski definition) is 1. The van der Waals surface area contributed by atoms with Gasteiger partial charge in [0.15, 0.2) is 0 Å². The highest BCUT2D eigenvalue weighted by Gasteiger charge is 2.15. The molecule has 0 atom stereocenters. The lowest BCUT2D eigenvalue weighted by atomic mass is 10.1. The molecule has 126 valence electrons. The molecule has 0 aliphatic carbocycles. The second kappa shape index (κ2) is 6.52. The lowest BCUT2D eigenvalue weighted by molar-refractivity contribution is -0.384. The van der Waals surface area contributed by atoms with Crippen LogP contribution in [0.4, 0.5) is 11.7 Å². The van der Waals surface area contributed by atoms with Gasteiger partial charge in [0.2, 0.25) is 5.89 Å². The van der Waals surface area contributed by atoms with Crippen molar-refractivity contribution in [3.63, 3.8) is 0 Å². The number of carbonyl (C=O) groups is 1. The van der Waals surface area contributed by atoms with Crippen LogP contribution >= 0.6 is 0 Å². The third-order valence-electron chi connectivity index (χ3n) is 3.72. The summed E-state index contributed by atoms with van der Waals surface area (Å²) in [5.41, 5.74) is 2.92. The molecular weight excluding hydrogens is 324 g/mol. The zero-order valence-corrected chi connectivity index (χ0v) is 13.5. The Kier molecular flexibility index (Phi) is 4.25. The van der Waals surface area contributed by atoms with E-state index in [4.69, 9.17) is 4.42 Å². The number of rotatable bonds is 4. The van der Waals surface area contributed by atoms with E-state index in [-0.39, 0.29) is 23.2 Å². The lowest BCUT2D eigenvalue weighted by Crippen LogP contribution is -2.12. The fourth-order valence-corrected chi connectivity index (χ4v) is 2.19. The van der Waals surface area contributed by atoms with Crippen LogP contribution in [-0.4, -0.2) is 21.0 Å². The number of hydrogen-bond acceptors (Lipinski definition) is 6. The topological polar surface area (TPSA) is 111 Å². The molecule has 0 radical (unpaired) electrons. The fourth-order valence-electron chi connectivity index (χ4n) is 2.19. The number of anilines is 1. The standard InChI is InChI=1S/C17H14N4O4/c1-10-6-7-13(8-11(10)2)16-19-20-17(25-16)18-15(22)12-4-3-5-14(9-12)21(23)24/h3-9H,1-2H3,(H,18,20,22). The van der Waals surface area contributed by atoms with Crippen LogP contribution in [0.25, 0.3) is 11.5 Å².